The summed E-state index contributed by atoms with van der Waals surface area (Å²) in [6, 6.07) is 7.20. The molecule has 142 valence electrons. The molecule has 0 aromatic heterocycles. The van der Waals surface area contributed by atoms with Crippen molar-refractivity contribution in [3.05, 3.63) is 29.8 Å². The molecule has 2 aliphatic rings. The summed E-state index contributed by atoms with van der Waals surface area (Å²) in [6.45, 7) is 1.49. The summed E-state index contributed by atoms with van der Waals surface area (Å²) < 4.78 is 5.15. The first-order valence-electron chi connectivity index (χ1n) is 9.47. The molecular weight excluding hydrogens is 332 g/mol. The van der Waals surface area contributed by atoms with Gasteiger partial charge in [-0.05, 0) is 43.4 Å². The summed E-state index contributed by atoms with van der Waals surface area (Å²) in [5.41, 5.74) is 0.713. The van der Waals surface area contributed by atoms with E-state index in [2.05, 4.69) is 5.32 Å². The van der Waals surface area contributed by atoms with E-state index in [9.17, 15) is 14.7 Å². The standard InChI is InChI=1S/C20H28N2O4/c1-26-17-7-3-6-16(12-17)18(23)13-21-19(24)14-8-10-22(11-9-14)20(25)15-4-2-5-15/h3,6-7,12,14-15,18,23H,2,4-5,8-11,13H2,1H3,(H,21,24). The average molecular weight is 360 g/mol. The molecule has 1 heterocycles. The Bertz CT molecular complexity index is 636. The van der Waals surface area contributed by atoms with Gasteiger partial charge in [-0.15, -0.1) is 0 Å². The molecule has 2 fully saturated rings. The quantitative estimate of drug-likeness (QED) is 0.812. The zero-order valence-electron chi connectivity index (χ0n) is 15.3. The van der Waals surface area contributed by atoms with Gasteiger partial charge in [0.15, 0.2) is 0 Å². The number of aliphatic hydroxyl groups excluding tert-OH is 1. The molecule has 6 heteroatoms. The number of nitrogens with one attached hydrogen (secondary N) is 1. The number of piperidine rings is 1. The Hall–Kier alpha value is -2.08. The lowest BCUT2D eigenvalue weighted by atomic mass is 9.83. The first kappa shape index (κ1) is 18.7. The summed E-state index contributed by atoms with van der Waals surface area (Å²) in [4.78, 5) is 26.6. The van der Waals surface area contributed by atoms with Crippen LogP contribution in [0.15, 0.2) is 24.3 Å². The number of methoxy groups -OCH3 is 1. The first-order chi connectivity index (χ1) is 12.6. The number of carbonyl (C=O) groups is 2. The molecule has 0 radical (unpaired) electrons. The highest BCUT2D eigenvalue weighted by atomic mass is 16.5. The zero-order valence-corrected chi connectivity index (χ0v) is 15.3. The molecule has 0 spiro atoms. The van der Waals surface area contributed by atoms with E-state index in [1.807, 2.05) is 23.1 Å². The molecule has 1 unspecified atom stereocenters. The number of rotatable bonds is 6. The highest BCUT2D eigenvalue weighted by Crippen LogP contribution is 2.30. The lowest BCUT2D eigenvalue weighted by Crippen LogP contribution is -2.46. The number of likely N-dealkylation sites (tertiary alicyclic amines) is 1. The van der Waals surface area contributed by atoms with Gasteiger partial charge in [0.2, 0.25) is 11.8 Å². The van der Waals surface area contributed by atoms with Crippen molar-refractivity contribution in [1.29, 1.82) is 0 Å². The SMILES string of the molecule is COc1cccc(C(O)CNC(=O)C2CCN(C(=O)C3CCC3)CC2)c1. The molecule has 2 amide bonds. The summed E-state index contributed by atoms with van der Waals surface area (Å²) in [7, 11) is 1.58. The average Bonchev–Trinajstić information content (AvgIpc) is 2.64. The van der Waals surface area contributed by atoms with Crippen LogP contribution in [0.25, 0.3) is 0 Å². The van der Waals surface area contributed by atoms with Crippen LogP contribution >= 0.6 is 0 Å². The number of carbonyl (C=O) groups excluding carboxylic acids is 2. The number of hydrogen-bond donors (Lipinski definition) is 2. The largest absolute Gasteiger partial charge is 0.497 e. The summed E-state index contributed by atoms with van der Waals surface area (Å²) in [5.74, 6) is 1.04. The Morgan fingerprint density at radius 3 is 2.58 bits per heavy atom. The number of hydrogen-bond acceptors (Lipinski definition) is 4. The van der Waals surface area contributed by atoms with Gasteiger partial charge in [-0.25, -0.2) is 0 Å². The van der Waals surface area contributed by atoms with Crippen molar-refractivity contribution >= 4 is 11.8 Å². The van der Waals surface area contributed by atoms with Crippen LogP contribution in [-0.2, 0) is 9.59 Å². The van der Waals surface area contributed by atoms with Crippen molar-refractivity contribution in [2.45, 2.75) is 38.2 Å². The van der Waals surface area contributed by atoms with Gasteiger partial charge in [-0.3, -0.25) is 9.59 Å². The molecule has 1 aromatic carbocycles. The molecule has 1 aliphatic heterocycles. The van der Waals surface area contributed by atoms with Gasteiger partial charge in [-0.1, -0.05) is 18.6 Å². The van der Waals surface area contributed by atoms with Crippen LogP contribution in [0.4, 0.5) is 0 Å². The molecule has 6 nitrogen and oxygen atoms in total. The Labute approximate surface area is 154 Å². The predicted octanol–water partition coefficient (Wildman–Crippen LogP) is 1.88. The van der Waals surface area contributed by atoms with Gasteiger partial charge < -0.3 is 20.1 Å². The van der Waals surface area contributed by atoms with E-state index in [-0.39, 0.29) is 30.2 Å². The second-order valence-corrected chi connectivity index (χ2v) is 7.26. The maximum atomic E-state index is 12.4. The lowest BCUT2D eigenvalue weighted by Gasteiger charge is -2.36. The van der Waals surface area contributed by atoms with E-state index in [0.717, 1.165) is 19.3 Å². The number of ether oxygens (including phenoxy) is 1. The molecule has 1 aromatic rings. The summed E-state index contributed by atoms with van der Waals surface area (Å²) in [6.07, 6.45) is 3.81. The van der Waals surface area contributed by atoms with Crippen LogP contribution in [0.3, 0.4) is 0 Å². The van der Waals surface area contributed by atoms with E-state index in [4.69, 9.17) is 4.74 Å². The van der Waals surface area contributed by atoms with Crippen LogP contribution < -0.4 is 10.1 Å². The van der Waals surface area contributed by atoms with Crippen molar-refractivity contribution < 1.29 is 19.4 Å². The molecule has 1 atom stereocenters. The van der Waals surface area contributed by atoms with Crippen molar-refractivity contribution in [2.75, 3.05) is 26.7 Å². The molecule has 0 bridgehead atoms. The first-order valence-corrected chi connectivity index (χ1v) is 9.47. The Morgan fingerprint density at radius 1 is 1.23 bits per heavy atom. The van der Waals surface area contributed by atoms with Crippen molar-refractivity contribution in [3.8, 4) is 5.75 Å². The minimum atomic E-state index is -0.769. The zero-order chi connectivity index (χ0) is 18.5. The van der Waals surface area contributed by atoms with Gasteiger partial charge in [0.1, 0.15) is 5.75 Å². The maximum Gasteiger partial charge on any atom is 0.225 e. The van der Waals surface area contributed by atoms with E-state index in [0.29, 0.717) is 37.2 Å². The van der Waals surface area contributed by atoms with E-state index in [1.54, 1.807) is 13.2 Å². The fourth-order valence-corrected chi connectivity index (χ4v) is 3.58. The molecule has 2 N–H and O–H groups in total. The van der Waals surface area contributed by atoms with Crippen LogP contribution in [0.1, 0.15) is 43.8 Å². The topological polar surface area (TPSA) is 78.9 Å². The third kappa shape index (κ3) is 4.36. The predicted molar refractivity (Wildman–Crippen MR) is 97.6 cm³/mol. The number of benzene rings is 1. The third-order valence-corrected chi connectivity index (χ3v) is 5.58. The van der Waals surface area contributed by atoms with Crippen molar-refractivity contribution in [2.24, 2.45) is 11.8 Å². The normalized spacial score (nSPS) is 19.5. The van der Waals surface area contributed by atoms with Gasteiger partial charge in [0, 0.05) is 31.5 Å². The number of nitrogens with zero attached hydrogens (tertiary/aromatic N) is 1. The van der Waals surface area contributed by atoms with Crippen LogP contribution in [0.5, 0.6) is 5.75 Å². The monoisotopic (exact) mass is 360 g/mol. The van der Waals surface area contributed by atoms with Gasteiger partial charge in [-0.2, -0.15) is 0 Å². The van der Waals surface area contributed by atoms with Crippen molar-refractivity contribution in [1.82, 2.24) is 10.2 Å². The molecule has 1 aliphatic carbocycles. The fraction of sp³-hybridized carbons (Fsp3) is 0.600. The maximum absolute atomic E-state index is 12.4. The summed E-state index contributed by atoms with van der Waals surface area (Å²) >= 11 is 0. The van der Waals surface area contributed by atoms with E-state index in [1.165, 1.54) is 0 Å². The third-order valence-electron chi connectivity index (χ3n) is 5.58. The van der Waals surface area contributed by atoms with Gasteiger partial charge in [0.25, 0.3) is 0 Å². The second kappa shape index (κ2) is 8.54. The van der Waals surface area contributed by atoms with Crippen LogP contribution in [0.2, 0.25) is 0 Å². The fourth-order valence-electron chi connectivity index (χ4n) is 3.58. The lowest BCUT2D eigenvalue weighted by molar-refractivity contribution is -0.141. The van der Waals surface area contributed by atoms with E-state index < -0.39 is 6.10 Å². The van der Waals surface area contributed by atoms with Crippen LogP contribution in [0, 0.1) is 11.8 Å². The van der Waals surface area contributed by atoms with Crippen LogP contribution in [-0.4, -0.2) is 48.6 Å². The van der Waals surface area contributed by atoms with Crippen molar-refractivity contribution in [3.63, 3.8) is 0 Å². The Balaban J connectivity index is 1.43. The minimum Gasteiger partial charge on any atom is -0.497 e. The molecular formula is C20H28N2O4. The molecule has 1 saturated heterocycles. The Morgan fingerprint density at radius 2 is 1.96 bits per heavy atom. The van der Waals surface area contributed by atoms with Gasteiger partial charge >= 0.3 is 0 Å². The summed E-state index contributed by atoms with van der Waals surface area (Å²) in [5, 5.41) is 13.1. The van der Waals surface area contributed by atoms with E-state index >= 15 is 0 Å². The number of amides is 2. The Kier molecular flexibility index (Phi) is 6.14. The highest BCUT2D eigenvalue weighted by molar-refractivity contribution is 5.81. The minimum absolute atomic E-state index is 0.0392. The second-order valence-electron chi connectivity index (χ2n) is 7.26. The highest BCUT2D eigenvalue weighted by Gasteiger charge is 2.33. The molecule has 1 saturated carbocycles. The molecule has 26 heavy (non-hydrogen) atoms. The smallest absolute Gasteiger partial charge is 0.225 e. The molecule has 3 rings (SSSR count). The number of aliphatic hydroxyl groups is 1. The van der Waals surface area contributed by atoms with Gasteiger partial charge in [0.05, 0.1) is 13.2 Å².